The number of carbonyl (C=O) groups is 1. The smallest absolute Gasteiger partial charge is 0.244 e. The lowest BCUT2D eigenvalue weighted by molar-refractivity contribution is -0.117. The molecule has 128 valence electrons. The molecule has 0 radical (unpaired) electrons. The highest BCUT2D eigenvalue weighted by molar-refractivity contribution is 5.92. The van der Waals surface area contributed by atoms with E-state index >= 15 is 0 Å². The molecule has 0 aliphatic carbocycles. The molecular formula is C19H20N4O2. The van der Waals surface area contributed by atoms with E-state index < -0.39 is 5.60 Å². The van der Waals surface area contributed by atoms with Crippen LogP contribution in [0.3, 0.4) is 0 Å². The standard InChI is InChI=1S/C19H20N4O2/c1-19(25,15-11-21-23(2)12-15)13-20-18(24)10-9-16-8-7-14-5-3-4-6-17(14)22-16/h3-12,25H,13H2,1-2H3,(H,20,24)/b10-9+/t19-/m1/s1. The van der Waals surface area contributed by atoms with Crippen LogP contribution in [0.25, 0.3) is 17.0 Å². The number of nitrogens with one attached hydrogen (secondary N) is 1. The van der Waals surface area contributed by atoms with Crippen molar-refractivity contribution in [1.29, 1.82) is 0 Å². The SMILES string of the molecule is Cn1cc([C@](C)(O)CNC(=O)/C=C/c2ccc3ccccc3n2)cn1. The summed E-state index contributed by atoms with van der Waals surface area (Å²) in [6.07, 6.45) is 6.37. The highest BCUT2D eigenvalue weighted by Gasteiger charge is 2.24. The molecule has 1 aromatic carbocycles. The van der Waals surface area contributed by atoms with Gasteiger partial charge in [-0.15, -0.1) is 0 Å². The second-order valence-corrected chi connectivity index (χ2v) is 6.16. The van der Waals surface area contributed by atoms with Crippen LogP contribution in [0.4, 0.5) is 0 Å². The Morgan fingerprint density at radius 2 is 2.12 bits per heavy atom. The maximum absolute atomic E-state index is 12.0. The molecule has 25 heavy (non-hydrogen) atoms. The summed E-state index contributed by atoms with van der Waals surface area (Å²) in [5, 5.41) is 18.2. The molecule has 1 amide bonds. The fourth-order valence-corrected chi connectivity index (χ4v) is 2.46. The molecule has 0 unspecified atom stereocenters. The van der Waals surface area contributed by atoms with Gasteiger partial charge in [-0.05, 0) is 25.1 Å². The van der Waals surface area contributed by atoms with Gasteiger partial charge in [0.25, 0.3) is 0 Å². The maximum Gasteiger partial charge on any atom is 0.244 e. The van der Waals surface area contributed by atoms with E-state index in [4.69, 9.17) is 0 Å². The zero-order chi connectivity index (χ0) is 17.9. The third kappa shape index (κ3) is 4.10. The number of pyridine rings is 1. The summed E-state index contributed by atoms with van der Waals surface area (Å²) in [5.74, 6) is -0.292. The number of hydrogen-bond donors (Lipinski definition) is 2. The summed E-state index contributed by atoms with van der Waals surface area (Å²) in [6.45, 7) is 1.73. The summed E-state index contributed by atoms with van der Waals surface area (Å²) in [7, 11) is 1.78. The van der Waals surface area contributed by atoms with E-state index in [-0.39, 0.29) is 12.5 Å². The Kier molecular flexibility index (Phi) is 4.63. The highest BCUT2D eigenvalue weighted by atomic mass is 16.3. The molecule has 3 aromatic rings. The first-order chi connectivity index (χ1) is 11.9. The van der Waals surface area contributed by atoms with Crippen molar-refractivity contribution in [3.63, 3.8) is 0 Å². The molecule has 2 heterocycles. The van der Waals surface area contributed by atoms with E-state index in [1.165, 1.54) is 6.08 Å². The predicted octanol–water partition coefficient (Wildman–Crippen LogP) is 2.01. The number of para-hydroxylation sites is 1. The maximum atomic E-state index is 12.0. The number of fused-ring (bicyclic) bond motifs is 1. The van der Waals surface area contributed by atoms with Gasteiger partial charge in [-0.25, -0.2) is 4.98 Å². The first-order valence-electron chi connectivity index (χ1n) is 7.97. The lowest BCUT2D eigenvalue weighted by Crippen LogP contribution is -2.37. The van der Waals surface area contributed by atoms with E-state index in [0.29, 0.717) is 11.3 Å². The molecule has 1 atom stereocenters. The highest BCUT2D eigenvalue weighted by Crippen LogP contribution is 2.18. The minimum atomic E-state index is -1.18. The molecule has 3 rings (SSSR count). The van der Waals surface area contributed by atoms with Crippen molar-refractivity contribution in [3.05, 3.63) is 66.1 Å². The molecular weight excluding hydrogens is 316 g/mol. The zero-order valence-corrected chi connectivity index (χ0v) is 14.2. The van der Waals surface area contributed by atoms with E-state index in [0.717, 1.165) is 10.9 Å². The van der Waals surface area contributed by atoms with Crippen LogP contribution in [0.2, 0.25) is 0 Å². The monoisotopic (exact) mass is 336 g/mol. The minimum Gasteiger partial charge on any atom is -0.383 e. The molecule has 6 nitrogen and oxygen atoms in total. The van der Waals surface area contributed by atoms with E-state index in [2.05, 4.69) is 15.4 Å². The molecule has 0 fully saturated rings. The lowest BCUT2D eigenvalue weighted by Gasteiger charge is -2.21. The van der Waals surface area contributed by atoms with Crippen LogP contribution < -0.4 is 5.32 Å². The van der Waals surface area contributed by atoms with Gasteiger partial charge in [-0.2, -0.15) is 5.10 Å². The van der Waals surface area contributed by atoms with Crippen molar-refractivity contribution in [1.82, 2.24) is 20.1 Å². The summed E-state index contributed by atoms with van der Waals surface area (Å²) in [6, 6.07) is 11.6. The fourth-order valence-electron chi connectivity index (χ4n) is 2.46. The Morgan fingerprint density at radius 1 is 1.32 bits per heavy atom. The van der Waals surface area contributed by atoms with Gasteiger partial charge in [0, 0.05) is 30.3 Å². The zero-order valence-electron chi connectivity index (χ0n) is 14.2. The Balaban J connectivity index is 1.62. The lowest BCUT2D eigenvalue weighted by atomic mass is 10.00. The van der Waals surface area contributed by atoms with Gasteiger partial charge in [0.15, 0.2) is 0 Å². The van der Waals surface area contributed by atoms with Gasteiger partial charge < -0.3 is 10.4 Å². The summed E-state index contributed by atoms with van der Waals surface area (Å²) >= 11 is 0. The van der Waals surface area contributed by atoms with Crippen molar-refractivity contribution in [2.24, 2.45) is 7.05 Å². The number of aryl methyl sites for hydroxylation is 1. The molecule has 0 aliphatic rings. The van der Waals surface area contributed by atoms with E-state index in [1.807, 2.05) is 36.4 Å². The van der Waals surface area contributed by atoms with Crippen LogP contribution in [-0.4, -0.2) is 32.3 Å². The second kappa shape index (κ2) is 6.86. The van der Waals surface area contributed by atoms with Crippen LogP contribution in [0.5, 0.6) is 0 Å². The van der Waals surface area contributed by atoms with Crippen LogP contribution in [-0.2, 0) is 17.4 Å². The molecule has 0 saturated carbocycles. The van der Waals surface area contributed by atoms with E-state index in [1.54, 1.807) is 37.1 Å². The van der Waals surface area contributed by atoms with Gasteiger partial charge >= 0.3 is 0 Å². The number of amides is 1. The van der Waals surface area contributed by atoms with Gasteiger partial charge in [0.1, 0.15) is 5.60 Å². The van der Waals surface area contributed by atoms with Crippen molar-refractivity contribution in [2.45, 2.75) is 12.5 Å². The average Bonchev–Trinajstić information content (AvgIpc) is 3.05. The van der Waals surface area contributed by atoms with Crippen molar-refractivity contribution < 1.29 is 9.90 Å². The number of nitrogens with zero attached hydrogens (tertiary/aromatic N) is 3. The van der Waals surface area contributed by atoms with Crippen LogP contribution in [0.1, 0.15) is 18.2 Å². The number of aromatic nitrogens is 3. The molecule has 2 aromatic heterocycles. The van der Waals surface area contributed by atoms with Crippen LogP contribution in [0, 0.1) is 0 Å². The molecule has 0 spiro atoms. The molecule has 6 heteroatoms. The van der Waals surface area contributed by atoms with Gasteiger partial charge in [0.2, 0.25) is 5.91 Å². The second-order valence-electron chi connectivity index (χ2n) is 6.16. The number of carbonyl (C=O) groups excluding carboxylic acids is 1. The fraction of sp³-hybridized carbons (Fsp3) is 0.211. The first-order valence-corrected chi connectivity index (χ1v) is 7.97. The third-order valence-corrected chi connectivity index (χ3v) is 3.96. The predicted molar refractivity (Wildman–Crippen MR) is 96.6 cm³/mol. The van der Waals surface area contributed by atoms with Gasteiger partial charge in [-0.3, -0.25) is 9.48 Å². The number of benzene rings is 1. The Bertz CT molecular complexity index is 928. The van der Waals surface area contributed by atoms with E-state index in [9.17, 15) is 9.90 Å². The van der Waals surface area contributed by atoms with Crippen LogP contribution in [0.15, 0.2) is 54.9 Å². The first kappa shape index (κ1) is 16.9. The molecule has 2 N–H and O–H groups in total. The topological polar surface area (TPSA) is 80.0 Å². The number of rotatable bonds is 5. The summed E-state index contributed by atoms with van der Waals surface area (Å²) < 4.78 is 1.61. The van der Waals surface area contributed by atoms with Gasteiger partial charge in [0.05, 0.1) is 24.0 Å². The van der Waals surface area contributed by atoms with Gasteiger partial charge in [-0.1, -0.05) is 24.3 Å². The quantitative estimate of drug-likeness (QED) is 0.699. The number of aliphatic hydroxyl groups is 1. The van der Waals surface area contributed by atoms with Crippen molar-refractivity contribution in [3.8, 4) is 0 Å². The third-order valence-electron chi connectivity index (χ3n) is 3.96. The summed E-state index contributed by atoms with van der Waals surface area (Å²) in [5.41, 5.74) is 1.05. The van der Waals surface area contributed by atoms with Crippen LogP contribution >= 0.6 is 0 Å². The van der Waals surface area contributed by atoms with Crippen molar-refractivity contribution in [2.75, 3.05) is 6.54 Å². The largest absolute Gasteiger partial charge is 0.383 e. The molecule has 0 bridgehead atoms. The average molecular weight is 336 g/mol. The van der Waals surface area contributed by atoms with Crippen molar-refractivity contribution >= 4 is 22.9 Å². The Morgan fingerprint density at radius 3 is 2.88 bits per heavy atom. The molecule has 0 aliphatic heterocycles. The normalized spacial score (nSPS) is 13.9. The number of hydrogen-bond acceptors (Lipinski definition) is 4. The Hall–Kier alpha value is -2.99. The minimum absolute atomic E-state index is 0.0903. The Labute approximate surface area is 145 Å². The molecule has 0 saturated heterocycles. The summed E-state index contributed by atoms with van der Waals surface area (Å²) in [4.78, 5) is 16.5.